The molecule has 21 heavy (non-hydrogen) atoms. The van der Waals surface area contributed by atoms with Gasteiger partial charge in [-0.3, -0.25) is 0 Å². The summed E-state index contributed by atoms with van der Waals surface area (Å²) in [6, 6.07) is 15.2. The topological polar surface area (TPSA) is 35.5 Å². The van der Waals surface area contributed by atoms with Crippen LogP contribution in [0.3, 0.4) is 0 Å². The second kappa shape index (κ2) is 5.62. The lowest BCUT2D eigenvalue weighted by Gasteiger charge is -2.11. The quantitative estimate of drug-likeness (QED) is 0.371. The maximum Gasteiger partial charge on any atom is 0.513 e. The highest BCUT2D eigenvalue weighted by molar-refractivity contribution is 6.31. The van der Waals surface area contributed by atoms with Crippen LogP contribution in [0.25, 0.3) is 21.5 Å². The Bertz CT molecular complexity index is 827. The Hall–Kier alpha value is -2.26. The molecule has 0 amide bonds. The van der Waals surface area contributed by atoms with Crippen molar-refractivity contribution in [2.24, 2.45) is 0 Å². The smallest absolute Gasteiger partial charge is 0.434 e. The molecule has 3 rings (SSSR count). The van der Waals surface area contributed by atoms with E-state index >= 15 is 0 Å². The summed E-state index contributed by atoms with van der Waals surface area (Å²) in [6.07, 6.45) is -0.704. The lowest BCUT2D eigenvalue weighted by Crippen LogP contribution is -2.10. The van der Waals surface area contributed by atoms with Gasteiger partial charge < -0.3 is 9.47 Å². The Kier molecular flexibility index (Phi) is 3.67. The molecular weight excluding hydrogens is 288 g/mol. The highest BCUT2D eigenvalue weighted by Crippen LogP contribution is 2.36. The van der Waals surface area contributed by atoms with E-state index in [0.29, 0.717) is 10.8 Å². The summed E-state index contributed by atoms with van der Waals surface area (Å²) >= 11 is 6.05. The molecule has 0 heterocycles. The van der Waals surface area contributed by atoms with Crippen LogP contribution in [0.1, 0.15) is 6.92 Å². The molecule has 0 spiro atoms. The van der Waals surface area contributed by atoms with Gasteiger partial charge in [-0.05, 0) is 42.0 Å². The first-order valence-electron chi connectivity index (χ1n) is 6.64. The third-order valence-electron chi connectivity index (χ3n) is 3.22. The van der Waals surface area contributed by atoms with E-state index in [0.717, 1.165) is 21.5 Å². The third-order valence-corrected chi connectivity index (χ3v) is 3.46. The van der Waals surface area contributed by atoms with E-state index < -0.39 is 6.16 Å². The van der Waals surface area contributed by atoms with E-state index in [1.54, 1.807) is 13.0 Å². The van der Waals surface area contributed by atoms with Crippen LogP contribution in [0.5, 0.6) is 5.75 Å². The van der Waals surface area contributed by atoms with Gasteiger partial charge >= 0.3 is 6.16 Å². The van der Waals surface area contributed by atoms with Crippen LogP contribution in [-0.4, -0.2) is 12.8 Å². The van der Waals surface area contributed by atoms with Crippen molar-refractivity contribution >= 4 is 39.3 Å². The Morgan fingerprint density at radius 2 is 1.81 bits per heavy atom. The fourth-order valence-electron chi connectivity index (χ4n) is 2.34. The lowest BCUT2D eigenvalue weighted by molar-refractivity contribution is 0.105. The monoisotopic (exact) mass is 300 g/mol. The first-order chi connectivity index (χ1) is 10.2. The van der Waals surface area contributed by atoms with Gasteiger partial charge in [0.1, 0.15) is 5.75 Å². The molecule has 0 unspecified atom stereocenters. The minimum absolute atomic E-state index is 0.271. The highest BCUT2D eigenvalue weighted by atomic mass is 35.5. The molecule has 0 aromatic heterocycles. The number of benzene rings is 3. The molecule has 0 aliphatic carbocycles. The van der Waals surface area contributed by atoms with Crippen LogP contribution in [0.2, 0.25) is 5.02 Å². The number of carbonyl (C=O) groups is 1. The van der Waals surface area contributed by atoms with Gasteiger partial charge in [-0.2, -0.15) is 0 Å². The van der Waals surface area contributed by atoms with Gasteiger partial charge in [0, 0.05) is 15.8 Å². The summed E-state index contributed by atoms with van der Waals surface area (Å²) in [5, 5.41) is 4.22. The van der Waals surface area contributed by atoms with E-state index in [1.165, 1.54) is 0 Å². The minimum atomic E-state index is -0.704. The first kappa shape index (κ1) is 13.7. The molecule has 3 aromatic rings. The second-order valence-electron chi connectivity index (χ2n) is 4.58. The summed E-state index contributed by atoms with van der Waals surface area (Å²) in [7, 11) is 0. The number of ether oxygens (including phenoxy) is 2. The van der Waals surface area contributed by atoms with Crippen molar-refractivity contribution in [3.8, 4) is 5.75 Å². The summed E-state index contributed by atoms with van der Waals surface area (Å²) in [5.74, 6) is 0.498. The molecule has 0 saturated heterocycles. The van der Waals surface area contributed by atoms with Crippen molar-refractivity contribution < 1.29 is 14.3 Å². The molecule has 3 aromatic carbocycles. The highest BCUT2D eigenvalue weighted by Gasteiger charge is 2.13. The van der Waals surface area contributed by atoms with Gasteiger partial charge in [-0.25, -0.2) is 4.79 Å². The summed E-state index contributed by atoms with van der Waals surface area (Å²) in [5.41, 5.74) is 0. The van der Waals surface area contributed by atoms with Gasteiger partial charge in [-0.1, -0.05) is 35.9 Å². The zero-order chi connectivity index (χ0) is 14.8. The van der Waals surface area contributed by atoms with Crippen molar-refractivity contribution in [2.45, 2.75) is 6.92 Å². The van der Waals surface area contributed by atoms with Gasteiger partial charge in [0.05, 0.1) is 6.61 Å². The van der Waals surface area contributed by atoms with Gasteiger partial charge in [0.15, 0.2) is 0 Å². The standard InChI is InChI=1S/C17H13ClO3/c1-2-20-17(19)21-16-14-6-4-3-5-11(14)9-12-10-13(18)7-8-15(12)16/h3-10H,2H2,1H3. The number of rotatable bonds is 2. The number of halogens is 1. The molecule has 106 valence electrons. The summed E-state index contributed by atoms with van der Waals surface area (Å²) < 4.78 is 10.3. The van der Waals surface area contributed by atoms with E-state index in [2.05, 4.69) is 0 Å². The third kappa shape index (κ3) is 2.65. The molecule has 0 saturated carbocycles. The van der Waals surface area contributed by atoms with Gasteiger partial charge in [-0.15, -0.1) is 0 Å². The van der Waals surface area contributed by atoms with Crippen LogP contribution in [0.15, 0.2) is 48.5 Å². The van der Waals surface area contributed by atoms with Crippen molar-refractivity contribution in [3.05, 3.63) is 53.6 Å². The van der Waals surface area contributed by atoms with E-state index in [1.807, 2.05) is 42.5 Å². The fraction of sp³-hybridized carbons (Fsp3) is 0.118. The number of hydrogen-bond acceptors (Lipinski definition) is 3. The molecule has 0 aliphatic heterocycles. The van der Waals surface area contributed by atoms with E-state index in [-0.39, 0.29) is 6.61 Å². The Morgan fingerprint density at radius 1 is 1.05 bits per heavy atom. The van der Waals surface area contributed by atoms with Crippen LogP contribution in [0, 0.1) is 0 Å². The average Bonchev–Trinajstić information content (AvgIpc) is 2.47. The normalized spacial score (nSPS) is 10.8. The van der Waals surface area contributed by atoms with Crippen LogP contribution < -0.4 is 4.74 Å². The largest absolute Gasteiger partial charge is 0.513 e. The van der Waals surface area contributed by atoms with E-state index in [4.69, 9.17) is 21.1 Å². The van der Waals surface area contributed by atoms with Crippen molar-refractivity contribution in [3.63, 3.8) is 0 Å². The summed E-state index contributed by atoms with van der Waals surface area (Å²) in [4.78, 5) is 11.7. The van der Waals surface area contributed by atoms with Crippen LogP contribution >= 0.6 is 11.6 Å². The first-order valence-corrected chi connectivity index (χ1v) is 7.02. The van der Waals surface area contributed by atoms with Gasteiger partial charge in [0.2, 0.25) is 0 Å². The minimum Gasteiger partial charge on any atom is -0.434 e. The molecule has 0 bridgehead atoms. The number of carbonyl (C=O) groups excluding carboxylic acids is 1. The fourth-order valence-corrected chi connectivity index (χ4v) is 2.52. The van der Waals surface area contributed by atoms with Crippen molar-refractivity contribution in [1.82, 2.24) is 0 Å². The van der Waals surface area contributed by atoms with E-state index in [9.17, 15) is 4.79 Å². The molecule has 0 radical (unpaired) electrons. The van der Waals surface area contributed by atoms with Crippen molar-refractivity contribution in [1.29, 1.82) is 0 Å². The zero-order valence-electron chi connectivity index (χ0n) is 11.4. The van der Waals surface area contributed by atoms with Crippen LogP contribution in [0.4, 0.5) is 4.79 Å². The number of fused-ring (bicyclic) bond motifs is 2. The molecule has 0 fully saturated rings. The predicted octanol–water partition coefficient (Wildman–Crippen LogP) is 5.18. The SMILES string of the molecule is CCOC(=O)Oc1c2ccccc2cc2cc(Cl)ccc12. The molecule has 0 N–H and O–H groups in total. The van der Waals surface area contributed by atoms with Crippen LogP contribution in [-0.2, 0) is 4.74 Å². The maximum absolute atomic E-state index is 11.7. The predicted molar refractivity (Wildman–Crippen MR) is 84.1 cm³/mol. The number of hydrogen-bond donors (Lipinski definition) is 0. The molecule has 0 atom stereocenters. The average molecular weight is 301 g/mol. The zero-order valence-corrected chi connectivity index (χ0v) is 12.2. The molecule has 3 nitrogen and oxygen atoms in total. The second-order valence-corrected chi connectivity index (χ2v) is 5.01. The molecule has 4 heteroatoms. The Balaban J connectivity index is 2.27. The van der Waals surface area contributed by atoms with Crippen molar-refractivity contribution in [2.75, 3.05) is 6.61 Å². The molecule has 0 aliphatic rings. The Labute approximate surface area is 127 Å². The van der Waals surface area contributed by atoms with Gasteiger partial charge in [0.25, 0.3) is 0 Å². The lowest BCUT2D eigenvalue weighted by atomic mass is 10.0. The summed E-state index contributed by atoms with van der Waals surface area (Å²) in [6.45, 7) is 2.01. The molecular formula is C17H13ClO3. The maximum atomic E-state index is 11.7. The Morgan fingerprint density at radius 3 is 2.62 bits per heavy atom.